The van der Waals surface area contributed by atoms with E-state index in [-0.39, 0.29) is 0 Å². The van der Waals surface area contributed by atoms with Crippen LogP contribution in [0.15, 0.2) is 12.4 Å². The van der Waals surface area contributed by atoms with Gasteiger partial charge in [0, 0.05) is 26.0 Å². The molecule has 0 aromatic heterocycles. The average Bonchev–Trinajstić information content (AvgIpc) is 2.75. The second kappa shape index (κ2) is 13.4. The first-order valence-electron chi connectivity index (χ1n) is 7.35. The van der Waals surface area contributed by atoms with Gasteiger partial charge in [-0.15, -0.1) is 0 Å². The lowest BCUT2D eigenvalue weighted by atomic mass is 10.1. The van der Waals surface area contributed by atoms with E-state index < -0.39 is 20.8 Å². The second-order valence-electron chi connectivity index (χ2n) is 5.17. The molecule has 1 heterocycles. The van der Waals surface area contributed by atoms with Crippen LogP contribution in [-0.2, 0) is 20.8 Å². The van der Waals surface area contributed by atoms with Gasteiger partial charge >= 0.3 is 20.8 Å². The molecular weight excluding hydrogens is 364 g/mol. The Kier molecular flexibility index (Phi) is 14.1. The molecule has 0 aliphatic carbocycles. The highest BCUT2D eigenvalue weighted by molar-refractivity contribution is 7.80. The van der Waals surface area contributed by atoms with Crippen LogP contribution in [0.3, 0.4) is 0 Å². The molecule has 0 aromatic rings. The smallest absolute Gasteiger partial charge is 0.362 e. The molecule has 1 aliphatic rings. The minimum Gasteiger partial charge on any atom is -0.362 e. The molecule has 0 unspecified atom stereocenters. The van der Waals surface area contributed by atoms with Crippen molar-refractivity contribution in [2.75, 3.05) is 20.3 Å². The zero-order valence-electron chi connectivity index (χ0n) is 13.9. The molecule has 0 spiro atoms. The highest BCUT2D eigenvalue weighted by Crippen LogP contribution is 2.08. The van der Waals surface area contributed by atoms with Gasteiger partial charge in [-0.05, 0) is 6.42 Å². The Balaban J connectivity index is 0. The quantitative estimate of drug-likeness (QED) is 0.371. The highest BCUT2D eigenvalue weighted by atomic mass is 32.3. The van der Waals surface area contributed by atoms with Gasteiger partial charge in [0.25, 0.3) is 0 Å². The van der Waals surface area contributed by atoms with Crippen LogP contribution in [0, 0.1) is 0 Å². The third kappa shape index (κ3) is 32.9. The number of hydrogen-bond donors (Lipinski definition) is 4. The molecule has 0 aromatic carbocycles. The van der Waals surface area contributed by atoms with Crippen LogP contribution >= 0.6 is 0 Å². The summed E-state index contributed by atoms with van der Waals surface area (Å²) in [5, 5.41) is 0. The van der Waals surface area contributed by atoms with Crippen molar-refractivity contribution < 1.29 is 35.0 Å². The van der Waals surface area contributed by atoms with Gasteiger partial charge in [0.2, 0.25) is 0 Å². The van der Waals surface area contributed by atoms with E-state index in [0.29, 0.717) is 0 Å². The lowest BCUT2D eigenvalue weighted by molar-refractivity contribution is 0.290. The van der Waals surface area contributed by atoms with Crippen molar-refractivity contribution in [2.24, 2.45) is 0 Å². The van der Waals surface area contributed by atoms with Crippen LogP contribution < -0.4 is 0 Å². The van der Waals surface area contributed by atoms with Gasteiger partial charge < -0.3 is 9.80 Å². The first-order valence-corrected chi connectivity index (χ1v) is 10.1. The van der Waals surface area contributed by atoms with E-state index in [4.69, 9.17) is 35.0 Å². The fraction of sp³-hybridized carbons (Fsp3) is 0.833. The Labute approximate surface area is 144 Å². The molecule has 4 N–H and O–H groups in total. The van der Waals surface area contributed by atoms with E-state index in [2.05, 4.69) is 36.2 Å². The molecule has 12 heteroatoms. The third-order valence-corrected chi connectivity index (χ3v) is 2.74. The van der Waals surface area contributed by atoms with Gasteiger partial charge in [-0.25, -0.2) is 0 Å². The zero-order chi connectivity index (χ0) is 19.2. The standard InChI is InChI=1S/C12H24N2.2H2O4S/c1-3-4-5-6-7-8-9-14-11-10-13(2)12-14;2*1-5(2,3)4/h10-11H,3-9,12H2,1-2H3;2*(H2,1,2,3,4). The van der Waals surface area contributed by atoms with Crippen LogP contribution in [0.4, 0.5) is 0 Å². The third-order valence-electron chi connectivity index (χ3n) is 2.74. The molecule has 0 amide bonds. The zero-order valence-corrected chi connectivity index (χ0v) is 15.6. The maximum absolute atomic E-state index is 8.74. The number of unbranched alkanes of at least 4 members (excludes halogenated alkanes) is 5. The summed E-state index contributed by atoms with van der Waals surface area (Å²) in [6.45, 7) is 4.58. The van der Waals surface area contributed by atoms with E-state index in [9.17, 15) is 0 Å². The van der Waals surface area contributed by atoms with Crippen molar-refractivity contribution >= 4 is 20.8 Å². The van der Waals surface area contributed by atoms with Crippen LogP contribution in [0.25, 0.3) is 0 Å². The minimum atomic E-state index is -4.67. The molecule has 0 atom stereocenters. The highest BCUT2D eigenvalue weighted by Gasteiger charge is 2.06. The van der Waals surface area contributed by atoms with Crippen molar-refractivity contribution in [3.05, 3.63) is 12.4 Å². The molecule has 10 nitrogen and oxygen atoms in total. The van der Waals surface area contributed by atoms with E-state index in [1.54, 1.807) is 0 Å². The summed E-state index contributed by atoms with van der Waals surface area (Å²) in [6, 6.07) is 0. The Morgan fingerprint density at radius 1 is 0.833 bits per heavy atom. The van der Waals surface area contributed by atoms with Gasteiger partial charge in [-0.2, -0.15) is 16.8 Å². The second-order valence-corrected chi connectivity index (χ2v) is 6.96. The van der Waals surface area contributed by atoms with E-state index >= 15 is 0 Å². The minimum absolute atomic E-state index is 1.08. The topological polar surface area (TPSA) is 156 Å². The Bertz CT molecular complexity index is 487. The largest absolute Gasteiger partial charge is 0.394 e. The molecule has 0 radical (unpaired) electrons. The Morgan fingerprint density at radius 2 is 1.25 bits per heavy atom. The van der Waals surface area contributed by atoms with Gasteiger partial charge in [0.05, 0.1) is 6.67 Å². The fourth-order valence-electron chi connectivity index (χ4n) is 1.83. The maximum Gasteiger partial charge on any atom is 0.394 e. The molecular formula is C12H28N2O8S2. The molecule has 24 heavy (non-hydrogen) atoms. The molecule has 0 saturated carbocycles. The summed E-state index contributed by atoms with van der Waals surface area (Å²) in [7, 11) is -7.21. The summed E-state index contributed by atoms with van der Waals surface area (Å²) in [5.74, 6) is 0. The Hall–Kier alpha value is -0.920. The van der Waals surface area contributed by atoms with E-state index in [1.165, 1.54) is 45.1 Å². The Morgan fingerprint density at radius 3 is 1.62 bits per heavy atom. The first-order chi connectivity index (χ1) is 10.8. The molecule has 146 valence electrons. The van der Waals surface area contributed by atoms with Crippen LogP contribution in [0.2, 0.25) is 0 Å². The summed E-state index contributed by atoms with van der Waals surface area (Å²) >= 11 is 0. The van der Waals surface area contributed by atoms with Crippen molar-refractivity contribution in [3.8, 4) is 0 Å². The molecule has 0 fully saturated rings. The van der Waals surface area contributed by atoms with Crippen molar-refractivity contribution in [3.63, 3.8) is 0 Å². The predicted molar refractivity (Wildman–Crippen MR) is 90.2 cm³/mol. The predicted octanol–water partition coefficient (Wildman–Crippen LogP) is 1.72. The van der Waals surface area contributed by atoms with Crippen molar-refractivity contribution in [1.29, 1.82) is 0 Å². The SMILES string of the molecule is CCCCCCCCN1C=CN(C)C1.O=S(=O)(O)O.O=S(=O)(O)O. The van der Waals surface area contributed by atoms with E-state index in [0.717, 1.165) is 6.67 Å². The summed E-state index contributed by atoms with van der Waals surface area (Å²) in [6.07, 6.45) is 12.7. The summed E-state index contributed by atoms with van der Waals surface area (Å²) < 4.78 is 63.2. The average molecular weight is 392 g/mol. The van der Waals surface area contributed by atoms with Crippen LogP contribution in [0.5, 0.6) is 0 Å². The van der Waals surface area contributed by atoms with Gasteiger partial charge in [-0.3, -0.25) is 18.2 Å². The fourth-order valence-corrected chi connectivity index (χ4v) is 1.83. The molecule has 0 bridgehead atoms. The van der Waals surface area contributed by atoms with Crippen molar-refractivity contribution in [1.82, 2.24) is 9.80 Å². The van der Waals surface area contributed by atoms with E-state index in [1.807, 2.05) is 0 Å². The maximum atomic E-state index is 8.74. The van der Waals surface area contributed by atoms with Gasteiger partial charge in [0.15, 0.2) is 0 Å². The molecule has 1 rings (SSSR count). The monoisotopic (exact) mass is 392 g/mol. The lowest BCUT2D eigenvalue weighted by Crippen LogP contribution is -2.23. The summed E-state index contributed by atoms with van der Waals surface area (Å²) in [4.78, 5) is 4.61. The number of rotatable bonds is 7. The van der Waals surface area contributed by atoms with Crippen LogP contribution in [0.1, 0.15) is 45.4 Å². The molecule has 1 aliphatic heterocycles. The number of hydrogen-bond acceptors (Lipinski definition) is 6. The van der Waals surface area contributed by atoms with Crippen LogP contribution in [-0.4, -0.2) is 65.1 Å². The molecule has 0 saturated heterocycles. The van der Waals surface area contributed by atoms with Gasteiger partial charge in [-0.1, -0.05) is 39.0 Å². The number of nitrogens with zero attached hydrogens (tertiary/aromatic N) is 2. The lowest BCUT2D eigenvalue weighted by Gasteiger charge is -2.17. The van der Waals surface area contributed by atoms with Gasteiger partial charge in [0.1, 0.15) is 0 Å². The van der Waals surface area contributed by atoms with Crippen molar-refractivity contribution in [2.45, 2.75) is 45.4 Å². The first kappa shape index (κ1) is 25.3. The summed E-state index contributed by atoms with van der Waals surface area (Å²) in [5.41, 5.74) is 0. The normalized spacial score (nSPS) is 13.9.